The lowest BCUT2D eigenvalue weighted by Gasteiger charge is -2.48. The van der Waals surface area contributed by atoms with E-state index >= 15 is 0 Å². The van der Waals surface area contributed by atoms with Crippen LogP contribution in [0.4, 0.5) is 0 Å². The third-order valence-corrected chi connectivity index (χ3v) is 4.94. The molecule has 8 heteroatoms. The molecule has 26 heavy (non-hydrogen) atoms. The molecular weight excluding hydrogens is 338 g/mol. The number of ether oxygens (including phenoxy) is 1. The van der Waals surface area contributed by atoms with Gasteiger partial charge < -0.3 is 9.26 Å². The van der Waals surface area contributed by atoms with Crippen molar-refractivity contribution in [2.75, 3.05) is 0 Å². The average molecular weight is 355 g/mol. The van der Waals surface area contributed by atoms with Gasteiger partial charge in [-0.2, -0.15) is 4.98 Å². The summed E-state index contributed by atoms with van der Waals surface area (Å²) in [5.41, 5.74) is 0.315. The molecule has 0 radical (unpaired) electrons. The number of benzene rings is 1. The van der Waals surface area contributed by atoms with Gasteiger partial charge in [-0.1, -0.05) is 17.3 Å². The molecule has 0 N–H and O–H groups in total. The van der Waals surface area contributed by atoms with Crippen molar-refractivity contribution in [2.45, 2.75) is 44.8 Å². The van der Waals surface area contributed by atoms with Gasteiger partial charge >= 0.3 is 5.97 Å². The second kappa shape index (κ2) is 5.76. The fourth-order valence-corrected chi connectivity index (χ4v) is 3.70. The van der Waals surface area contributed by atoms with Gasteiger partial charge in [-0.15, -0.1) is 0 Å². The number of aromatic nitrogens is 2. The van der Waals surface area contributed by atoms with Crippen molar-refractivity contribution in [1.29, 1.82) is 0 Å². The van der Waals surface area contributed by atoms with Crippen molar-refractivity contribution in [3.05, 3.63) is 47.1 Å². The lowest BCUT2D eigenvalue weighted by molar-refractivity contribution is -0.142. The van der Waals surface area contributed by atoms with Crippen LogP contribution < -0.4 is 0 Å². The van der Waals surface area contributed by atoms with Crippen LogP contribution in [0.3, 0.4) is 0 Å². The summed E-state index contributed by atoms with van der Waals surface area (Å²) in [6.45, 7) is 3.16. The Morgan fingerprint density at radius 1 is 1.27 bits per heavy atom. The maximum absolute atomic E-state index is 12.6. The monoisotopic (exact) mass is 355 g/mol. The molecule has 0 atom stereocenters. The van der Waals surface area contributed by atoms with Gasteiger partial charge in [-0.05, 0) is 31.9 Å². The van der Waals surface area contributed by atoms with Gasteiger partial charge in [0.15, 0.2) is 6.61 Å². The van der Waals surface area contributed by atoms with E-state index in [-0.39, 0.29) is 24.3 Å². The minimum absolute atomic E-state index is 0.0390. The highest BCUT2D eigenvalue weighted by Crippen LogP contribution is 2.49. The maximum Gasteiger partial charge on any atom is 0.303 e. The molecule has 4 rings (SSSR count). The van der Waals surface area contributed by atoms with Crippen LogP contribution in [0.5, 0.6) is 0 Å². The Morgan fingerprint density at radius 3 is 2.46 bits per heavy atom. The summed E-state index contributed by atoms with van der Waals surface area (Å²) < 4.78 is 10.1. The highest BCUT2D eigenvalue weighted by atomic mass is 16.5. The highest BCUT2D eigenvalue weighted by molar-refractivity contribution is 6.21. The van der Waals surface area contributed by atoms with E-state index in [1.54, 1.807) is 24.3 Å². The molecule has 1 aliphatic heterocycles. The second-order valence-electron chi connectivity index (χ2n) is 6.92. The van der Waals surface area contributed by atoms with Gasteiger partial charge in [0, 0.05) is 18.4 Å². The SMILES string of the molecule is CC(=O)OCc1noc(C2CC(C)(N3C(=O)c4ccccc4C3=O)C2)n1. The Balaban J connectivity index is 1.46. The van der Waals surface area contributed by atoms with E-state index in [1.165, 1.54) is 11.8 Å². The van der Waals surface area contributed by atoms with E-state index in [0.29, 0.717) is 35.7 Å². The first-order valence-corrected chi connectivity index (χ1v) is 8.33. The molecule has 1 aromatic carbocycles. The van der Waals surface area contributed by atoms with Crippen LogP contribution >= 0.6 is 0 Å². The average Bonchev–Trinajstić information content (AvgIpc) is 3.15. The fraction of sp³-hybridized carbons (Fsp3) is 0.389. The first-order valence-electron chi connectivity index (χ1n) is 8.33. The first-order chi connectivity index (χ1) is 12.4. The molecule has 2 aliphatic rings. The smallest absolute Gasteiger partial charge is 0.303 e. The zero-order chi connectivity index (χ0) is 18.5. The predicted molar refractivity (Wildman–Crippen MR) is 87.1 cm³/mol. The van der Waals surface area contributed by atoms with Crippen molar-refractivity contribution in [2.24, 2.45) is 0 Å². The Morgan fingerprint density at radius 2 is 1.88 bits per heavy atom. The molecule has 2 heterocycles. The number of hydrogen-bond donors (Lipinski definition) is 0. The minimum Gasteiger partial charge on any atom is -0.457 e. The summed E-state index contributed by atoms with van der Waals surface area (Å²) in [4.78, 5) is 41.7. The molecule has 2 aromatic rings. The normalized spacial score (nSPS) is 24.4. The Hall–Kier alpha value is -3.03. The highest BCUT2D eigenvalue weighted by Gasteiger charge is 2.54. The number of imide groups is 1. The molecule has 1 aromatic heterocycles. The zero-order valence-corrected chi connectivity index (χ0v) is 14.4. The topological polar surface area (TPSA) is 103 Å². The van der Waals surface area contributed by atoms with E-state index in [0.717, 1.165) is 0 Å². The minimum atomic E-state index is -0.581. The Labute approximate surface area is 149 Å². The number of amides is 2. The summed E-state index contributed by atoms with van der Waals surface area (Å²) in [7, 11) is 0. The number of rotatable bonds is 4. The molecule has 2 amide bonds. The Bertz CT molecular complexity index is 878. The van der Waals surface area contributed by atoms with Gasteiger partial charge in [0.05, 0.1) is 11.1 Å². The number of carbonyl (C=O) groups is 3. The third-order valence-electron chi connectivity index (χ3n) is 4.94. The van der Waals surface area contributed by atoms with Crippen LogP contribution in [0.2, 0.25) is 0 Å². The van der Waals surface area contributed by atoms with Crippen LogP contribution in [0.25, 0.3) is 0 Å². The molecule has 1 fully saturated rings. The first kappa shape index (κ1) is 16.4. The van der Waals surface area contributed by atoms with Crippen molar-refractivity contribution in [1.82, 2.24) is 15.0 Å². The lowest BCUT2D eigenvalue weighted by atomic mass is 9.68. The maximum atomic E-state index is 12.6. The molecule has 0 spiro atoms. The number of carbonyl (C=O) groups excluding carboxylic acids is 3. The molecular formula is C18H17N3O5. The molecule has 8 nitrogen and oxygen atoms in total. The van der Waals surface area contributed by atoms with Gasteiger partial charge in [0.25, 0.3) is 11.8 Å². The van der Waals surface area contributed by atoms with Gasteiger partial charge in [-0.25, -0.2) is 0 Å². The molecule has 0 saturated heterocycles. The lowest BCUT2D eigenvalue weighted by Crippen LogP contribution is -2.56. The molecule has 134 valence electrons. The molecule has 1 aliphatic carbocycles. The zero-order valence-electron chi connectivity index (χ0n) is 14.4. The van der Waals surface area contributed by atoms with Crippen molar-refractivity contribution < 1.29 is 23.6 Å². The number of hydrogen-bond acceptors (Lipinski definition) is 7. The summed E-state index contributed by atoms with van der Waals surface area (Å²) in [6.07, 6.45) is 1.10. The predicted octanol–water partition coefficient (Wildman–Crippen LogP) is 2.06. The van der Waals surface area contributed by atoms with E-state index in [4.69, 9.17) is 9.26 Å². The molecule has 1 saturated carbocycles. The van der Waals surface area contributed by atoms with Crippen molar-refractivity contribution in [3.8, 4) is 0 Å². The van der Waals surface area contributed by atoms with Crippen LogP contribution in [0.15, 0.2) is 28.8 Å². The van der Waals surface area contributed by atoms with E-state index in [2.05, 4.69) is 10.1 Å². The summed E-state index contributed by atoms with van der Waals surface area (Å²) in [6, 6.07) is 6.85. The largest absolute Gasteiger partial charge is 0.457 e. The number of esters is 1. The van der Waals surface area contributed by atoms with E-state index in [1.807, 2.05) is 6.92 Å². The van der Waals surface area contributed by atoms with E-state index < -0.39 is 11.5 Å². The van der Waals surface area contributed by atoms with Gasteiger partial charge in [0.2, 0.25) is 11.7 Å². The van der Waals surface area contributed by atoms with Crippen LogP contribution in [0.1, 0.15) is 65.0 Å². The summed E-state index contributed by atoms with van der Waals surface area (Å²) >= 11 is 0. The Kier molecular flexibility index (Phi) is 3.64. The van der Waals surface area contributed by atoms with Crippen LogP contribution in [0, 0.1) is 0 Å². The number of fused-ring (bicyclic) bond motifs is 1. The van der Waals surface area contributed by atoms with Crippen LogP contribution in [-0.4, -0.2) is 38.4 Å². The van der Waals surface area contributed by atoms with Crippen LogP contribution in [-0.2, 0) is 16.1 Å². The van der Waals surface area contributed by atoms with E-state index in [9.17, 15) is 14.4 Å². The molecule has 0 unspecified atom stereocenters. The van der Waals surface area contributed by atoms with Crippen molar-refractivity contribution >= 4 is 17.8 Å². The molecule has 0 bridgehead atoms. The second-order valence-corrected chi connectivity index (χ2v) is 6.92. The van der Waals surface area contributed by atoms with Gasteiger partial charge in [0.1, 0.15) is 0 Å². The standard InChI is InChI=1S/C18H17N3O5/c1-10(22)25-9-14-19-15(26-20-14)11-7-18(2,8-11)21-16(23)12-5-3-4-6-13(12)17(21)24/h3-6,11H,7-9H2,1-2H3. The third kappa shape index (κ3) is 2.49. The quantitative estimate of drug-likeness (QED) is 0.611. The van der Waals surface area contributed by atoms with Gasteiger partial charge in [-0.3, -0.25) is 19.3 Å². The summed E-state index contributed by atoms with van der Waals surface area (Å²) in [5, 5.41) is 3.79. The summed E-state index contributed by atoms with van der Waals surface area (Å²) in [5.74, 6) is -0.243. The fourth-order valence-electron chi connectivity index (χ4n) is 3.70. The number of nitrogens with zero attached hydrogens (tertiary/aromatic N) is 3. The van der Waals surface area contributed by atoms with Crippen molar-refractivity contribution in [3.63, 3.8) is 0 Å².